The van der Waals surface area contributed by atoms with Crippen LogP contribution in [0.25, 0.3) is 11.0 Å². The molecule has 0 aliphatic rings. The minimum absolute atomic E-state index is 0.134. The topological polar surface area (TPSA) is 72.7 Å². The lowest BCUT2D eigenvalue weighted by molar-refractivity contribution is 0.0728. The molecule has 29 heavy (non-hydrogen) atoms. The fraction of sp³-hybridized carbons (Fsp3) is 0.381. The number of pyridine rings is 1. The van der Waals surface area contributed by atoms with Crippen LogP contribution in [0.15, 0.2) is 36.7 Å². The van der Waals surface area contributed by atoms with Crippen LogP contribution < -0.4 is 9.47 Å². The summed E-state index contributed by atoms with van der Waals surface area (Å²) >= 11 is 0. The van der Waals surface area contributed by atoms with Gasteiger partial charge >= 0.3 is 0 Å². The Balaban J connectivity index is 1.96. The Kier molecular flexibility index (Phi) is 6.33. The number of nitrogens with zero attached hydrogens (tertiary/aromatic N) is 5. The smallest absolute Gasteiger partial charge is 0.259 e. The summed E-state index contributed by atoms with van der Waals surface area (Å²) in [6.07, 6.45) is 3.24. The molecule has 8 nitrogen and oxygen atoms in total. The standard InChI is InChI=1S/C21H27N5O3/c1-24(2)9-10-26(14-15-7-6-8-16(11-15)28-4)21(27)18-12-22-20-17(19(18)29-5)13-23-25(20)3/h6-8,11-13H,9-10,14H2,1-5H3. The first kappa shape index (κ1) is 20.6. The number of methoxy groups -OCH3 is 2. The number of rotatable bonds is 8. The summed E-state index contributed by atoms with van der Waals surface area (Å²) in [5, 5.41) is 4.94. The van der Waals surface area contributed by atoms with Gasteiger partial charge in [0.1, 0.15) is 17.1 Å². The van der Waals surface area contributed by atoms with E-state index >= 15 is 0 Å². The summed E-state index contributed by atoms with van der Waals surface area (Å²) in [6, 6.07) is 7.74. The van der Waals surface area contributed by atoms with Crippen LogP contribution in [0.1, 0.15) is 15.9 Å². The van der Waals surface area contributed by atoms with Crippen molar-refractivity contribution >= 4 is 16.9 Å². The van der Waals surface area contributed by atoms with Crippen LogP contribution in [-0.4, -0.2) is 71.9 Å². The van der Waals surface area contributed by atoms with Gasteiger partial charge in [-0.15, -0.1) is 0 Å². The fourth-order valence-corrected chi connectivity index (χ4v) is 3.18. The lowest BCUT2D eigenvalue weighted by Gasteiger charge is -2.25. The van der Waals surface area contributed by atoms with E-state index in [9.17, 15) is 4.79 Å². The van der Waals surface area contributed by atoms with Gasteiger partial charge in [-0.3, -0.25) is 9.48 Å². The molecule has 1 aromatic carbocycles. The number of hydrogen-bond acceptors (Lipinski definition) is 6. The van der Waals surface area contributed by atoms with Crippen molar-refractivity contribution < 1.29 is 14.3 Å². The third-order valence-corrected chi connectivity index (χ3v) is 4.76. The van der Waals surface area contributed by atoms with Crippen LogP contribution in [0.3, 0.4) is 0 Å². The number of benzene rings is 1. The zero-order valence-corrected chi connectivity index (χ0v) is 17.5. The normalized spacial score (nSPS) is 11.1. The van der Waals surface area contributed by atoms with Crippen LogP contribution >= 0.6 is 0 Å². The number of fused-ring (bicyclic) bond motifs is 1. The average Bonchev–Trinajstić information content (AvgIpc) is 3.10. The maximum atomic E-state index is 13.5. The summed E-state index contributed by atoms with van der Waals surface area (Å²) in [4.78, 5) is 21.7. The molecule has 0 spiro atoms. The number of ether oxygens (including phenoxy) is 2. The quantitative estimate of drug-likeness (QED) is 0.580. The number of carbonyl (C=O) groups excluding carboxylic acids is 1. The molecule has 0 aliphatic heterocycles. The molecule has 0 radical (unpaired) electrons. The molecule has 0 fully saturated rings. The molecule has 0 aliphatic carbocycles. The van der Waals surface area contributed by atoms with Crippen molar-refractivity contribution in [1.29, 1.82) is 0 Å². The zero-order chi connectivity index (χ0) is 21.0. The molecule has 2 heterocycles. The maximum Gasteiger partial charge on any atom is 0.259 e. The lowest BCUT2D eigenvalue weighted by atomic mass is 10.1. The highest BCUT2D eigenvalue weighted by atomic mass is 16.5. The first-order valence-corrected chi connectivity index (χ1v) is 9.36. The van der Waals surface area contributed by atoms with Crippen molar-refractivity contribution in [2.45, 2.75) is 6.54 Å². The van der Waals surface area contributed by atoms with E-state index in [-0.39, 0.29) is 5.91 Å². The minimum atomic E-state index is -0.134. The molecule has 8 heteroatoms. The monoisotopic (exact) mass is 397 g/mol. The third kappa shape index (κ3) is 4.48. The highest BCUT2D eigenvalue weighted by molar-refractivity contribution is 6.01. The summed E-state index contributed by atoms with van der Waals surface area (Å²) in [5.74, 6) is 1.12. The van der Waals surface area contributed by atoms with Crippen LogP contribution in [0.2, 0.25) is 0 Å². The molecule has 0 saturated heterocycles. The van der Waals surface area contributed by atoms with Gasteiger partial charge in [0.15, 0.2) is 5.65 Å². The summed E-state index contributed by atoms with van der Waals surface area (Å²) in [7, 11) is 8.97. The Morgan fingerprint density at radius 3 is 2.62 bits per heavy atom. The van der Waals surface area contributed by atoms with E-state index in [1.807, 2.05) is 50.3 Å². The highest BCUT2D eigenvalue weighted by Gasteiger charge is 2.23. The molecular weight excluding hydrogens is 370 g/mol. The highest BCUT2D eigenvalue weighted by Crippen LogP contribution is 2.29. The minimum Gasteiger partial charge on any atom is -0.497 e. The predicted molar refractivity (Wildman–Crippen MR) is 111 cm³/mol. The van der Waals surface area contributed by atoms with Crippen molar-refractivity contribution in [2.24, 2.45) is 7.05 Å². The van der Waals surface area contributed by atoms with E-state index < -0.39 is 0 Å². The second-order valence-electron chi connectivity index (χ2n) is 7.09. The largest absolute Gasteiger partial charge is 0.497 e. The summed E-state index contributed by atoms with van der Waals surface area (Å²) in [5.41, 5.74) is 2.09. The zero-order valence-electron chi connectivity index (χ0n) is 17.5. The molecule has 0 atom stereocenters. The van der Waals surface area contributed by atoms with Gasteiger partial charge in [0.2, 0.25) is 0 Å². The number of amides is 1. The Morgan fingerprint density at radius 2 is 1.93 bits per heavy atom. The maximum absolute atomic E-state index is 13.5. The number of hydrogen-bond donors (Lipinski definition) is 0. The Bertz CT molecular complexity index is 999. The second-order valence-corrected chi connectivity index (χ2v) is 7.09. The van der Waals surface area contributed by atoms with Crippen molar-refractivity contribution in [3.63, 3.8) is 0 Å². The van der Waals surface area contributed by atoms with Gasteiger partial charge in [-0.1, -0.05) is 12.1 Å². The van der Waals surface area contributed by atoms with Crippen molar-refractivity contribution in [2.75, 3.05) is 41.4 Å². The molecule has 0 N–H and O–H groups in total. The van der Waals surface area contributed by atoms with E-state index in [0.29, 0.717) is 30.0 Å². The lowest BCUT2D eigenvalue weighted by Crippen LogP contribution is -2.36. The van der Waals surface area contributed by atoms with Crippen molar-refractivity contribution in [3.05, 3.63) is 47.8 Å². The third-order valence-electron chi connectivity index (χ3n) is 4.76. The fourth-order valence-electron chi connectivity index (χ4n) is 3.18. The number of likely N-dealkylation sites (N-methyl/N-ethyl adjacent to an activating group) is 1. The van der Waals surface area contributed by atoms with E-state index in [1.165, 1.54) is 0 Å². The number of carbonyl (C=O) groups is 1. The van der Waals surface area contributed by atoms with Crippen LogP contribution in [0.5, 0.6) is 11.5 Å². The molecule has 1 amide bonds. The SMILES string of the molecule is COc1cccc(CN(CCN(C)C)C(=O)c2cnc3c(cnn3C)c2OC)c1. The summed E-state index contributed by atoms with van der Waals surface area (Å²) in [6.45, 7) is 1.76. The van der Waals surface area contributed by atoms with Crippen LogP contribution in [0.4, 0.5) is 0 Å². The Hall–Kier alpha value is -3.13. The molecule has 0 bridgehead atoms. The van der Waals surface area contributed by atoms with Crippen LogP contribution in [0, 0.1) is 0 Å². The van der Waals surface area contributed by atoms with Gasteiger partial charge in [0.05, 0.1) is 25.8 Å². The van der Waals surface area contributed by atoms with Crippen LogP contribution in [-0.2, 0) is 13.6 Å². The summed E-state index contributed by atoms with van der Waals surface area (Å²) < 4.78 is 12.6. The molecule has 2 aromatic heterocycles. The first-order chi connectivity index (χ1) is 13.9. The van der Waals surface area contributed by atoms with Crippen molar-refractivity contribution in [1.82, 2.24) is 24.6 Å². The van der Waals surface area contributed by atoms with Gasteiger partial charge in [-0.05, 0) is 31.8 Å². The molecule has 0 unspecified atom stereocenters. The van der Waals surface area contributed by atoms with Gasteiger partial charge in [-0.25, -0.2) is 4.98 Å². The first-order valence-electron chi connectivity index (χ1n) is 9.36. The molecule has 3 rings (SSSR count). The number of aromatic nitrogens is 3. The predicted octanol–water partition coefficient (Wildman–Crippen LogP) is 2.19. The van der Waals surface area contributed by atoms with E-state index in [4.69, 9.17) is 9.47 Å². The van der Waals surface area contributed by atoms with E-state index in [0.717, 1.165) is 23.2 Å². The number of aryl methyl sites for hydroxylation is 1. The van der Waals surface area contributed by atoms with E-state index in [1.54, 1.807) is 36.2 Å². The van der Waals surface area contributed by atoms with Crippen molar-refractivity contribution in [3.8, 4) is 11.5 Å². The van der Waals surface area contributed by atoms with Gasteiger partial charge < -0.3 is 19.3 Å². The molecule has 3 aromatic rings. The van der Waals surface area contributed by atoms with E-state index in [2.05, 4.69) is 10.1 Å². The Morgan fingerprint density at radius 1 is 1.14 bits per heavy atom. The molecule has 0 saturated carbocycles. The Labute approximate surface area is 170 Å². The molecule has 154 valence electrons. The van der Waals surface area contributed by atoms with Gasteiger partial charge in [0.25, 0.3) is 5.91 Å². The van der Waals surface area contributed by atoms with Gasteiger partial charge in [0, 0.05) is 32.9 Å². The average molecular weight is 397 g/mol. The molecular formula is C21H27N5O3. The second kappa shape index (κ2) is 8.91. The van der Waals surface area contributed by atoms with Gasteiger partial charge in [-0.2, -0.15) is 5.10 Å².